The van der Waals surface area contributed by atoms with E-state index >= 15 is 0 Å². The fraction of sp³-hybridized carbons (Fsp3) is 0. The average Bonchev–Trinajstić information content (AvgIpc) is 2.30. The molecule has 0 aliphatic carbocycles. The Hall–Kier alpha value is -2.36. The van der Waals surface area contributed by atoms with Gasteiger partial charge in [-0.2, -0.15) is 0 Å². The van der Waals surface area contributed by atoms with Crippen molar-refractivity contribution in [2.24, 2.45) is 0 Å². The molecule has 3 nitrogen and oxygen atoms in total. The highest BCUT2D eigenvalue weighted by Crippen LogP contribution is 2.29. The lowest BCUT2D eigenvalue weighted by Gasteiger charge is -2.06. The van der Waals surface area contributed by atoms with E-state index < -0.39 is 17.3 Å². The van der Waals surface area contributed by atoms with Crippen molar-refractivity contribution in [3.05, 3.63) is 53.8 Å². The van der Waals surface area contributed by atoms with Crippen LogP contribution in [0.15, 0.2) is 42.5 Å². The van der Waals surface area contributed by atoms with Gasteiger partial charge in [0, 0.05) is 5.56 Å². The molecule has 86 valence electrons. The van der Waals surface area contributed by atoms with E-state index in [2.05, 4.69) is 0 Å². The topological polar surface area (TPSA) is 57.5 Å². The van der Waals surface area contributed by atoms with Crippen LogP contribution >= 0.6 is 0 Å². The summed E-state index contributed by atoms with van der Waals surface area (Å²) < 4.78 is 13.2. The van der Waals surface area contributed by atoms with Crippen molar-refractivity contribution in [3.8, 4) is 16.9 Å². The first-order valence-electron chi connectivity index (χ1n) is 4.91. The summed E-state index contributed by atoms with van der Waals surface area (Å²) >= 11 is 0. The van der Waals surface area contributed by atoms with Gasteiger partial charge < -0.3 is 10.2 Å². The van der Waals surface area contributed by atoms with Gasteiger partial charge in [0.25, 0.3) is 0 Å². The predicted molar refractivity (Wildman–Crippen MR) is 60.5 cm³/mol. The largest absolute Gasteiger partial charge is 0.507 e. The normalized spacial score (nSPS) is 10.2. The van der Waals surface area contributed by atoms with Crippen molar-refractivity contribution in [1.82, 2.24) is 0 Å². The van der Waals surface area contributed by atoms with Crippen molar-refractivity contribution < 1.29 is 19.4 Å². The van der Waals surface area contributed by atoms with Crippen molar-refractivity contribution in [1.29, 1.82) is 0 Å². The molecule has 4 heteroatoms. The van der Waals surface area contributed by atoms with Crippen LogP contribution in [0.3, 0.4) is 0 Å². The molecule has 17 heavy (non-hydrogen) atoms. The number of benzene rings is 2. The highest BCUT2D eigenvalue weighted by Gasteiger charge is 2.12. The number of hydrogen-bond acceptors (Lipinski definition) is 2. The maximum absolute atomic E-state index is 13.2. The number of hydrogen-bond donors (Lipinski definition) is 2. The highest BCUT2D eigenvalue weighted by molar-refractivity contribution is 5.90. The first-order valence-corrected chi connectivity index (χ1v) is 4.91. The molecule has 0 unspecified atom stereocenters. The Morgan fingerprint density at radius 2 is 1.82 bits per heavy atom. The summed E-state index contributed by atoms with van der Waals surface area (Å²) in [6.45, 7) is 0. The Labute approximate surface area is 96.8 Å². The van der Waals surface area contributed by atoms with Gasteiger partial charge in [0.2, 0.25) is 0 Å². The van der Waals surface area contributed by atoms with Gasteiger partial charge in [0.15, 0.2) is 0 Å². The van der Waals surface area contributed by atoms with Crippen molar-refractivity contribution in [2.75, 3.05) is 0 Å². The second kappa shape index (κ2) is 4.25. The summed E-state index contributed by atoms with van der Waals surface area (Å²) in [4.78, 5) is 10.8. The van der Waals surface area contributed by atoms with Gasteiger partial charge >= 0.3 is 5.97 Å². The zero-order chi connectivity index (χ0) is 12.4. The van der Waals surface area contributed by atoms with Crippen molar-refractivity contribution in [2.45, 2.75) is 0 Å². The van der Waals surface area contributed by atoms with Crippen molar-refractivity contribution in [3.63, 3.8) is 0 Å². The maximum atomic E-state index is 13.2. The average molecular weight is 232 g/mol. The number of carboxylic acid groups (broad SMARTS) is 1. The Kier molecular flexibility index (Phi) is 2.78. The van der Waals surface area contributed by atoms with Gasteiger partial charge in [-0.25, -0.2) is 9.18 Å². The van der Waals surface area contributed by atoms with Crippen LogP contribution in [0.1, 0.15) is 10.4 Å². The Bertz CT molecular complexity index is 579. The second-order valence-corrected chi connectivity index (χ2v) is 3.52. The molecule has 0 aliphatic rings. The molecule has 0 amide bonds. The molecule has 0 aromatic heterocycles. The van der Waals surface area contributed by atoms with Crippen LogP contribution in [-0.4, -0.2) is 16.2 Å². The number of halogens is 1. The third kappa shape index (κ3) is 2.10. The minimum absolute atomic E-state index is 0.0236. The third-order valence-corrected chi connectivity index (χ3v) is 2.41. The molecule has 0 spiro atoms. The van der Waals surface area contributed by atoms with Crippen LogP contribution in [0, 0.1) is 5.82 Å². The molecule has 2 rings (SSSR count). The van der Waals surface area contributed by atoms with E-state index in [-0.39, 0.29) is 5.75 Å². The maximum Gasteiger partial charge on any atom is 0.338 e. The van der Waals surface area contributed by atoms with Gasteiger partial charge in [-0.05, 0) is 23.8 Å². The van der Waals surface area contributed by atoms with Gasteiger partial charge in [0.05, 0.1) is 5.56 Å². The number of carbonyl (C=O) groups is 1. The van der Waals surface area contributed by atoms with Gasteiger partial charge in [-0.3, -0.25) is 0 Å². The molecule has 0 heterocycles. The van der Waals surface area contributed by atoms with Gasteiger partial charge in [0.1, 0.15) is 11.6 Å². The van der Waals surface area contributed by atoms with Crippen LogP contribution in [0.2, 0.25) is 0 Å². The van der Waals surface area contributed by atoms with E-state index in [9.17, 15) is 14.3 Å². The molecule has 0 saturated heterocycles. The second-order valence-electron chi connectivity index (χ2n) is 3.52. The third-order valence-electron chi connectivity index (χ3n) is 2.41. The summed E-state index contributed by atoms with van der Waals surface area (Å²) in [5.74, 6) is -2.10. The minimum atomic E-state index is -1.33. The fourth-order valence-electron chi connectivity index (χ4n) is 1.57. The van der Waals surface area contributed by atoms with E-state index in [0.29, 0.717) is 11.1 Å². The van der Waals surface area contributed by atoms with Gasteiger partial charge in [-0.1, -0.05) is 24.3 Å². The molecule has 0 bridgehead atoms. The van der Waals surface area contributed by atoms with E-state index in [1.165, 1.54) is 18.2 Å². The van der Waals surface area contributed by atoms with E-state index in [1.54, 1.807) is 18.2 Å². The molecular weight excluding hydrogens is 223 g/mol. The summed E-state index contributed by atoms with van der Waals surface area (Å²) in [5.41, 5.74) is 0.516. The lowest BCUT2D eigenvalue weighted by atomic mass is 10.0. The Balaban J connectivity index is 2.58. The molecule has 0 radical (unpaired) electrons. The molecule has 0 aliphatic heterocycles. The van der Waals surface area contributed by atoms with Crippen LogP contribution < -0.4 is 0 Å². The number of phenols is 1. The number of aromatic hydroxyl groups is 1. The lowest BCUT2D eigenvalue weighted by molar-refractivity contribution is 0.0692. The van der Waals surface area contributed by atoms with Crippen molar-refractivity contribution >= 4 is 5.97 Å². The summed E-state index contributed by atoms with van der Waals surface area (Å²) in [6, 6.07) is 10.2. The standard InChI is InChI=1S/C13H9FO3/c14-11-6-5-8(7-10(11)13(16)17)9-3-1-2-4-12(9)15/h1-7,15H,(H,16,17). The first kappa shape index (κ1) is 11.1. The van der Waals surface area contributed by atoms with Crippen LogP contribution in [0.25, 0.3) is 11.1 Å². The molecule has 2 aromatic rings. The number of aromatic carboxylic acids is 1. The Morgan fingerprint density at radius 1 is 1.12 bits per heavy atom. The molecule has 0 atom stereocenters. The monoisotopic (exact) mass is 232 g/mol. The van der Waals surface area contributed by atoms with E-state index in [4.69, 9.17) is 5.11 Å². The summed E-state index contributed by atoms with van der Waals surface area (Å²) in [6.07, 6.45) is 0. The fourth-order valence-corrected chi connectivity index (χ4v) is 1.57. The van der Waals surface area contributed by atoms with Gasteiger partial charge in [-0.15, -0.1) is 0 Å². The molecule has 2 N–H and O–H groups in total. The Morgan fingerprint density at radius 3 is 2.47 bits per heavy atom. The smallest absolute Gasteiger partial charge is 0.338 e. The molecule has 0 saturated carbocycles. The molecular formula is C13H9FO3. The predicted octanol–water partition coefficient (Wildman–Crippen LogP) is 2.90. The van der Waals surface area contributed by atoms with Crippen LogP contribution in [-0.2, 0) is 0 Å². The van der Waals surface area contributed by atoms with Crippen LogP contribution in [0.4, 0.5) is 4.39 Å². The zero-order valence-corrected chi connectivity index (χ0v) is 8.72. The number of phenolic OH excluding ortho intramolecular Hbond substituents is 1. The highest BCUT2D eigenvalue weighted by atomic mass is 19.1. The van der Waals surface area contributed by atoms with Crippen LogP contribution in [0.5, 0.6) is 5.75 Å². The minimum Gasteiger partial charge on any atom is -0.507 e. The molecule has 0 fully saturated rings. The zero-order valence-electron chi connectivity index (χ0n) is 8.72. The lowest BCUT2D eigenvalue weighted by Crippen LogP contribution is -2.00. The number of para-hydroxylation sites is 1. The SMILES string of the molecule is O=C(O)c1cc(-c2ccccc2O)ccc1F. The van der Waals surface area contributed by atoms with E-state index in [0.717, 1.165) is 6.07 Å². The first-order chi connectivity index (χ1) is 8.09. The number of carboxylic acids is 1. The summed E-state index contributed by atoms with van der Waals surface area (Å²) in [5, 5.41) is 18.4. The number of rotatable bonds is 2. The van der Waals surface area contributed by atoms with E-state index in [1.807, 2.05) is 0 Å². The quantitative estimate of drug-likeness (QED) is 0.836. The summed E-state index contributed by atoms with van der Waals surface area (Å²) in [7, 11) is 0. The molecule has 2 aromatic carbocycles.